The van der Waals surface area contributed by atoms with Gasteiger partial charge in [0.05, 0.1) is 4.34 Å². The van der Waals surface area contributed by atoms with Gasteiger partial charge in [0.15, 0.2) is 0 Å². The standard InChI is InChI=1S/C10H8Cl2N2O2S2/c1-6-4-9(17-10(6)12)18(15,16)14-8-5-7(11)2-3-13-8/h2-5H,1H3,(H,13,14). The Morgan fingerprint density at radius 3 is 2.61 bits per heavy atom. The Hall–Kier alpha value is -0.820. The lowest BCUT2D eigenvalue weighted by molar-refractivity contribution is 0.603. The van der Waals surface area contributed by atoms with Crippen LogP contribution in [0.2, 0.25) is 9.36 Å². The van der Waals surface area contributed by atoms with Gasteiger partial charge in [-0.1, -0.05) is 23.2 Å². The quantitative estimate of drug-likeness (QED) is 0.939. The molecule has 2 aromatic heterocycles. The Morgan fingerprint density at radius 1 is 1.33 bits per heavy atom. The van der Waals surface area contributed by atoms with Crippen LogP contribution in [0.25, 0.3) is 0 Å². The first kappa shape index (κ1) is 13.6. The molecular weight excluding hydrogens is 315 g/mol. The van der Waals surface area contributed by atoms with Gasteiger partial charge in [-0.15, -0.1) is 11.3 Å². The minimum absolute atomic E-state index is 0.145. The van der Waals surface area contributed by atoms with E-state index in [-0.39, 0.29) is 10.0 Å². The van der Waals surface area contributed by atoms with Crippen LogP contribution in [0.15, 0.2) is 28.6 Å². The average Bonchev–Trinajstić information content (AvgIpc) is 2.59. The number of aryl methyl sites for hydroxylation is 1. The molecular formula is C10H8Cl2N2O2S2. The fraction of sp³-hybridized carbons (Fsp3) is 0.100. The maximum atomic E-state index is 12.0. The normalized spacial score (nSPS) is 11.5. The Labute approximate surface area is 119 Å². The number of pyridine rings is 1. The molecule has 1 N–H and O–H groups in total. The van der Waals surface area contributed by atoms with E-state index >= 15 is 0 Å². The van der Waals surface area contributed by atoms with E-state index in [4.69, 9.17) is 23.2 Å². The number of anilines is 1. The second-order valence-electron chi connectivity index (χ2n) is 3.49. The summed E-state index contributed by atoms with van der Waals surface area (Å²) in [5.41, 5.74) is 0.723. The van der Waals surface area contributed by atoms with Crippen LogP contribution in [0.5, 0.6) is 0 Å². The zero-order valence-electron chi connectivity index (χ0n) is 9.15. The summed E-state index contributed by atoms with van der Waals surface area (Å²) in [7, 11) is -3.67. The van der Waals surface area contributed by atoms with Crippen molar-refractivity contribution in [3.05, 3.63) is 39.3 Å². The summed E-state index contributed by atoms with van der Waals surface area (Å²) in [6.07, 6.45) is 1.42. The Balaban J connectivity index is 2.33. The lowest BCUT2D eigenvalue weighted by Gasteiger charge is -2.04. The summed E-state index contributed by atoms with van der Waals surface area (Å²) >= 11 is 12.6. The van der Waals surface area contributed by atoms with Gasteiger partial charge in [-0.2, -0.15) is 0 Å². The number of hydrogen-bond donors (Lipinski definition) is 1. The molecule has 0 radical (unpaired) electrons. The minimum atomic E-state index is -3.67. The Kier molecular flexibility index (Phi) is 3.82. The van der Waals surface area contributed by atoms with E-state index in [1.807, 2.05) is 0 Å². The van der Waals surface area contributed by atoms with Crippen LogP contribution in [0.1, 0.15) is 5.56 Å². The largest absolute Gasteiger partial charge is 0.272 e. The fourth-order valence-corrected chi connectivity index (χ4v) is 4.08. The van der Waals surface area contributed by atoms with Crippen LogP contribution in [-0.4, -0.2) is 13.4 Å². The van der Waals surface area contributed by atoms with E-state index in [1.165, 1.54) is 18.3 Å². The number of aromatic nitrogens is 1. The van der Waals surface area contributed by atoms with Crippen molar-refractivity contribution >= 4 is 50.4 Å². The summed E-state index contributed by atoms with van der Waals surface area (Å²) in [6, 6.07) is 4.51. The van der Waals surface area contributed by atoms with Crippen molar-refractivity contribution in [1.29, 1.82) is 0 Å². The first-order valence-corrected chi connectivity index (χ1v) is 7.84. The minimum Gasteiger partial charge on any atom is -0.263 e. The van der Waals surface area contributed by atoms with Crippen molar-refractivity contribution in [1.82, 2.24) is 4.98 Å². The summed E-state index contributed by atoms with van der Waals surface area (Å²) < 4.78 is 27.0. The van der Waals surface area contributed by atoms with Crippen molar-refractivity contribution in [2.75, 3.05) is 4.72 Å². The summed E-state index contributed by atoms with van der Waals surface area (Å²) in [6.45, 7) is 1.75. The number of thiophene rings is 1. The van der Waals surface area contributed by atoms with E-state index in [0.29, 0.717) is 9.36 Å². The van der Waals surface area contributed by atoms with Crippen LogP contribution in [0.3, 0.4) is 0 Å². The molecule has 2 heterocycles. The monoisotopic (exact) mass is 322 g/mol. The van der Waals surface area contributed by atoms with Crippen molar-refractivity contribution < 1.29 is 8.42 Å². The second-order valence-corrected chi connectivity index (χ2v) is 7.49. The van der Waals surface area contributed by atoms with Crippen molar-refractivity contribution in [2.45, 2.75) is 11.1 Å². The van der Waals surface area contributed by atoms with Gasteiger partial charge in [0.25, 0.3) is 10.0 Å². The van der Waals surface area contributed by atoms with Gasteiger partial charge in [-0.25, -0.2) is 13.4 Å². The molecule has 96 valence electrons. The number of nitrogens with one attached hydrogen (secondary N) is 1. The highest BCUT2D eigenvalue weighted by molar-refractivity contribution is 7.94. The molecule has 8 heteroatoms. The molecule has 18 heavy (non-hydrogen) atoms. The first-order chi connectivity index (χ1) is 8.38. The highest BCUT2D eigenvalue weighted by atomic mass is 35.5. The van der Waals surface area contributed by atoms with Gasteiger partial charge in [-0.3, -0.25) is 4.72 Å². The highest BCUT2D eigenvalue weighted by Crippen LogP contribution is 2.31. The van der Waals surface area contributed by atoms with Crippen molar-refractivity contribution in [2.24, 2.45) is 0 Å². The molecule has 0 aromatic carbocycles. The summed E-state index contributed by atoms with van der Waals surface area (Å²) in [4.78, 5) is 3.88. The number of rotatable bonds is 3. The van der Waals surface area contributed by atoms with Gasteiger partial charge < -0.3 is 0 Å². The van der Waals surface area contributed by atoms with Crippen LogP contribution in [0.4, 0.5) is 5.82 Å². The molecule has 2 aromatic rings. The smallest absolute Gasteiger partial charge is 0.263 e. The molecule has 0 fully saturated rings. The molecule has 0 spiro atoms. The molecule has 0 atom stereocenters. The second kappa shape index (κ2) is 5.05. The van der Waals surface area contributed by atoms with Gasteiger partial charge in [0.2, 0.25) is 0 Å². The molecule has 0 aliphatic carbocycles. The molecule has 0 aliphatic heterocycles. The predicted molar refractivity (Wildman–Crippen MR) is 74.1 cm³/mol. The lowest BCUT2D eigenvalue weighted by Crippen LogP contribution is -2.12. The molecule has 0 saturated heterocycles. The fourth-order valence-electron chi connectivity index (χ4n) is 1.21. The van der Waals surface area contributed by atoms with E-state index in [9.17, 15) is 8.42 Å². The first-order valence-electron chi connectivity index (χ1n) is 4.79. The maximum Gasteiger partial charge on any atom is 0.272 e. The number of sulfonamides is 1. The van der Waals surface area contributed by atoms with Crippen LogP contribution >= 0.6 is 34.5 Å². The van der Waals surface area contributed by atoms with Crippen molar-refractivity contribution in [3.8, 4) is 0 Å². The van der Waals surface area contributed by atoms with Gasteiger partial charge in [-0.05, 0) is 24.6 Å². The topological polar surface area (TPSA) is 59.1 Å². The number of hydrogen-bond acceptors (Lipinski definition) is 4. The predicted octanol–water partition coefficient (Wildman–Crippen LogP) is 3.56. The van der Waals surface area contributed by atoms with Crippen LogP contribution < -0.4 is 4.72 Å². The maximum absolute atomic E-state index is 12.0. The lowest BCUT2D eigenvalue weighted by atomic mass is 10.4. The molecule has 2 rings (SSSR count). The Bertz CT molecular complexity index is 663. The number of halogens is 2. The van der Waals surface area contributed by atoms with E-state index in [0.717, 1.165) is 16.9 Å². The average molecular weight is 323 g/mol. The summed E-state index contributed by atoms with van der Waals surface area (Å²) in [5, 5.41) is 0.406. The highest BCUT2D eigenvalue weighted by Gasteiger charge is 2.19. The summed E-state index contributed by atoms with van der Waals surface area (Å²) in [5.74, 6) is 0.171. The van der Waals surface area contributed by atoms with Crippen LogP contribution in [0, 0.1) is 6.92 Å². The van der Waals surface area contributed by atoms with Crippen LogP contribution in [-0.2, 0) is 10.0 Å². The van der Waals surface area contributed by atoms with E-state index < -0.39 is 10.0 Å². The molecule has 0 bridgehead atoms. The number of nitrogens with zero attached hydrogens (tertiary/aromatic N) is 1. The van der Waals surface area contributed by atoms with E-state index in [1.54, 1.807) is 13.0 Å². The third-order valence-electron chi connectivity index (χ3n) is 2.06. The van der Waals surface area contributed by atoms with E-state index in [2.05, 4.69) is 9.71 Å². The van der Waals surface area contributed by atoms with Gasteiger partial charge in [0.1, 0.15) is 10.0 Å². The molecule has 4 nitrogen and oxygen atoms in total. The third kappa shape index (κ3) is 2.95. The molecule has 0 amide bonds. The molecule has 0 saturated carbocycles. The van der Waals surface area contributed by atoms with Gasteiger partial charge >= 0.3 is 0 Å². The zero-order valence-corrected chi connectivity index (χ0v) is 12.3. The zero-order chi connectivity index (χ0) is 13.3. The Morgan fingerprint density at radius 2 is 2.06 bits per heavy atom. The third-order valence-corrected chi connectivity index (χ3v) is 5.68. The van der Waals surface area contributed by atoms with Gasteiger partial charge in [0, 0.05) is 17.3 Å². The SMILES string of the molecule is Cc1cc(S(=O)(=O)Nc2cc(Cl)ccn2)sc1Cl. The van der Waals surface area contributed by atoms with Crippen molar-refractivity contribution in [3.63, 3.8) is 0 Å². The molecule has 0 aliphatic rings. The molecule has 0 unspecified atom stereocenters.